The zero-order valence-corrected chi connectivity index (χ0v) is 10.8. The van der Waals surface area contributed by atoms with E-state index >= 15 is 0 Å². The van der Waals surface area contributed by atoms with Gasteiger partial charge in [-0.05, 0) is 24.6 Å². The van der Waals surface area contributed by atoms with Crippen LogP contribution in [0.15, 0.2) is 18.2 Å². The minimum Gasteiger partial charge on any atom is -0.399 e. The highest BCUT2D eigenvalue weighted by molar-refractivity contribution is 6.00. The number of anilines is 2. The number of hydrogen-bond donors (Lipinski definition) is 2. The normalized spacial score (nSPS) is 19.1. The van der Waals surface area contributed by atoms with E-state index in [1.165, 1.54) is 0 Å². The molecule has 1 unspecified atom stereocenters. The van der Waals surface area contributed by atoms with Gasteiger partial charge in [0, 0.05) is 32.9 Å². The van der Waals surface area contributed by atoms with Gasteiger partial charge < -0.3 is 20.6 Å². The van der Waals surface area contributed by atoms with Crippen LogP contribution in [0.25, 0.3) is 0 Å². The molecule has 5 nitrogen and oxygen atoms in total. The quantitative estimate of drug-likeness (QED) is 0.751. The Balaban J connectivity index is 2.38. The number of nitrogen functional groups attached to an aromatic ring is 1. The van der Waals surface area contributed by atoms with Crippen molar-refractivity contribution in [3.05, 3.63) is 23.8 Å². The van der Waals surface area contributed by atoms with E-state index in [0.717, 1.165) is 18.7 Å². The topological polar surface area (TPSA) is 69.8 Å². The molecule has 5 heteroatoms. The van der Waals surface area contributed by atoms with Crippen molar-refractivity contribution in [3.63, 3.8) is 0 Å². The standard InChI is InChI=1S/C13H19N3O2/c1-15(2)13(18)11-4-3-9(14)7-12(11)16-6-5-10(17)8-16/h3-4,7,10,17H,5-6,8,14H2,1-2H3. The van der Waals surface area contributed by atoms with E-state index < -0.39 is 0 Å². The van der Waals surface area contributed by atoms with Crippen LogP contribution in [0.5, 0.6) is 0 Å². The number of hydrogen-bond acceptors (Lipinski definition) is 4. The number of β-amino-alcohol motifs (C(OH)–C–C–N with tert-alkyl or cyclic N) is 1. The second-order valence-corrected chi connectivity index (χ2v) is 4.86. The van der Waals surface area contributed by atoms with Crippen molar-refractivity contribution in [2.45, 2.75) is 12.5 Å². The second kappa shape index (κ2) is 4.86. The van der Waals surface area contributed by atoms with Crippen LogP contribution in [0.2, 0.25) is 0 Å². The highest BCUT2D eigenvalue weighted by Crippen LogP contribution is 2.27. The maximum atomic E-state index is 12.1. The van der Waals surface area contributed by atoms with Gasteiger partial charge in [0.15, 0.2) is 0 Å². The van der Waals surface area contributed by atoms with Crippen molar-refractivity contribution in [3.8, 4) is 0 Å². The first-order chi connectivity index (χ1) is 8.49. The average Bonchev–Trinajstić information content (AvgIpc) is 2.74. The smallest absolute Gasteiger partial charge is 0.255 e. The molecule has 2 rings (SSSR count). The van der Waals surface area contributed by atoms with Crippen LogP contribution >= 0.6 is 0 Å². The number of carbonyl (C=O) groups excluding carboxylic acids is 1. The first-order valence-corrected chi connectivity index (χ1v) is 6.03. The van der Waals surface area contributed by atoms with Gasteiger partial charge in [-0.25, -0.2) is 0 Å². The molecule has 98 valence electrons. The van der Waals surface area contributed by atoms with Crippen molar-refractivity contribution in [2.24, 2.45) is 0 Å². The van der Waals surface area contributed by atoms with Crippen LogP contribution in [0.3, 0.4) is 0 Å². The van der Waals surface area contributed by atoms with E-state index in [4.69, 9.17) is 5.73 Å². The molecule has 1 aliphatic heterocycles. The third kappa shape index (κ3) is 2.41. The number of carbonyl (C=O) groups is 1. The Morgan fingerprint density at radius 3 is 2.78 bits per heavy atom. The van der Waals surface area contributed by atoms with Crippen LogP contribution in [0, 0.1) is 0 Å². The lowest BCUT2D eigenvalue weighted by Crippen LogP contribution is -2.27. The maximum Gasteiger partial charge on any atom is 0.255 e. The third-order valence-corrected chi connectivity index (χ3v) is 3.16. The van der Waals surface area contributed by atoms with Crippen molar-refractivity contribution in [1.29, 1.82) is 0 Å². The van der Waals surface area contributed by atoms with E-state index in [1.54, 1.807) is 37.2 Å². The van der Waals surface area contributed by atoms with Crippen LogP contribution in [-0.2, 0) is 0 Å². The molecular weight excluding hydrogens is 230 g/mol. The molecule has 1 atom stereocenters. The lowest BCUT2D eigenvalue weighted by atomic mass is 10.1. The lowest BCUT2D eigenvalue weighted by molar-refractivity contribution is 0.0828. The summed E-state index contributed by atoms with van der Waals surface area (Å²) in [5.74, 6) is -0.0496. The summed E-state index contributed by atoms with van der Waals surface area (Å²) in [5.41, 5.74) is 7.86. The molecule has 0 spiro atoms. The van der Waals surface area contributed by atoms with E-state index in [9.17, 15) is 9.90 Å². The molecule has 3 N–H and O–H groups in total. The molecule has 0 saturated carbocycles. The van der Waals surface area contributed by atoms with Gasteiger partial charge in [0.25, 0.3) is 5.91 Å². The molecule has 0 bridgehead atoms. The fourth-order valence-corrected chi connectivity index (χ4v) is 2.19. The molecular formula is C13H19N3O2. The van der Waals surface area contributed by atoms with E-state index in [2.05, 4.69) is 0 Å². The minimum absolute atomic E-state index is 0.0496. The van der Waals surface area contributed by atoms with Gasteiger partial charge in [0.2, 0.25) is 0 Å². The summed E-state index contributed by atoms with van der Waals surface area (Å²) < 4.78 is 0. The molecule has 1 amide bonds. The number of aliphatic hydroxyl groups is 1. The molecule has 1 aromatic carbocycles. The Morgan fingerprint density at radius 1 is 1.50 bits per heavy atom. The predicted octanol–water partition coefficient (Wildman–Crippen LogP) is 0.542. The largest absolute Gasteiger partial charge is 0.399 e. The Labute approximate surface area is 107 Å². The number of aliphatic hydroxyl groups excluding tert-OH is 1. The molecule has 1 aliphatic rings. The van der Waals surface area contributed by atoms with Crippen LogP contribution in [0.1, 0.15) is 16.8 Å². The fraction of sp³-hybridized carbons (Fsp3) is 0.462. The van der Waals surface area contributed by atoms with E-state index in [0.29, 0.717) is 17.8 Å². The number of nitrogens with two attached hydrogens (primary N) is 1. The molecule has 18 heavy (non-hydrogen) atoms. The summed E-state index contributed by atoms with van der Waals surface area (Å²) in [5, 5.41) is 9.60. The second-order valence-electron chi connectivity index (χ2n) is 4.86. The molecule has 0 aromatic heterocycles. The monoisotopic (exact) mass is 249 g/mol. The Hall–Kier alpha value is -1.75. The summed E-state index contributed by atoms with van der Waals surface area (Å²) in [6.07, 6.45) is 0.401. The highest BCUT2D eigenvalue weighted by Gasteiger charge is 2.25. The van der Waals surface area contributed by atoms with E-state index in [1.807, 2.05) is 4.90 Å². The van der Waals surface area contributed by atoms with Gasteiger partial charge >= 0.3 is 0 Å². The first-order valence-electron chi connectivity index (χ1n) is 6.03. The number of benzene rings is 1. The van der Waals surface area contributed by atoms with Gasteiger partial charge in [-0.1, -0.05) is 0 Å². The maximum absolute atomic E-state index is 12.1. The third-order valence-electron chi connectivity index (χ3n) is 3.16. The minimum atomic E-state index is -0.325. The van der Waals surface area contributed by atoms with Crippen LogP contribution in [-0.4, -0.2) is 49.2 Å². The Kier molecular flexibility index (Phi) is 3.43. The fourth-order valence-electron chi connectivity index (χ4n) is 2.19. The van der Waals surface area contributed by atoms with Crippen molar-refractivity contribution >= 4 is 17.3 Å². The number of rotatable bonds is 2. The molecule has 1 heterocycles. The Morgan fingerprint density at radius 2 is 2.22 bits per heavy atom. The summed E-state index contributed by atoms with van der Waals surface area (Å²) in [6.45, 7) is 1.30. The number of nitrogens with zero attached hydrogens (tertiary/aromatic N) is 2. The van der Waals surface area contributed by atoms with Crippen LogP contribution < -0.4 is 10.6 Å². The van der Waals surface area contributed by atoms with Gasteiger partial charge in [-0.2, -0.15) is 0 Å². The summed E-state index contributed by atoms with van der Waals surface area (Å²) >= 11 is 0. The Bertz CT molecular complexity index is 460. The summed E-state index contributed by atoms with van der Waals surface area (Å²) in [6, 6.07) is 5.28. The average molecular weight is 249 g/mol. The molecule has 0 aliphatic carbocycles. The van der Waals surface area contributed by atoms with E-state index in [-0.39, 0.29) is 12.0 Å². The van der Waals surface area contributed by atoms with Crippen molar-refractivity contribution in [2.75, 3.05) is 37.8 Å². The zero-order valence-electron chi connectivity index (χ0n) is 10.8. The predicted molar refractivity (Wildman–Crippen MR) is 71.7 cm³/mol. The van der Waals surface area contributed by atoms with Gasteiger partial charge in [-0.15, -0.1) is 0 Å². The van der Waals surface area contributed by atoms with Gasteiger partial charge in [0.05, 0.1) is 17.4 Å². The van der Waals surface area contributed by atoms with Crippen molar-refractivity contribution in [1.82, 2.24) is 4.90 Å². The number of amides is 1. The molecule has 1 fully saturated rings. The highest BCUT2D eigenvalue weighted by atomic mass is 16.3. The SMILES string of the molecule is CN(C)C(=O)c1ccc(N)cc1N1CCC(O)C1. The molecule has 1 saturated heterocycles. The van der Waals surface area contributed by atoms with Crippen LogP contribution in [0.4, 0.5) is 11.4 Å². The summed E-state index contributed by atoms with van der Waals surface area (Å²) in [4.78, 5) is 15.7. The molecule has 1 aromatic rings. The molecule has 0 radical (unpaired) electrons. The van der Waals surface area contributed by atoms with Crippen molar-refractivity contribution < 1.29 is 9.90 Å². The zero-order chi connectivity index (χ0) is 13.3. The lowest BCUT2D eigenvalue weighted by Gasteiger charge is -2.23. The van der Waals surface area contributed by atoms with Gasteiger partial charge in [0.1, 0.15) is 0 Å². The summed E-state index contributed by atoms with van der Waals surface area (Å²) in [7, 11) is 3.45. The first kappa shape index (κ1) is 12.7. The van der Waals surface area contributed by atoms with Gasteiger partial charge in [-0.3, -0.25) is 4.79 Å².